The van der Waals surface area contributed by atoms with Crippen LogP contribution in [0.4, 0.5) is 5.95 Å². The van der Waals surface area contributed by atoms with Gasteiger partial charge in [0.2, 0.25) is 5.95 Å². The van der Waals surface area contributed by atoms with Crippen molar-refractivity contribution in [1.29, 1.82) is 0 Å². The Labute approximate surface area is 140 Å². The molecule has 0 spiro atoms. The number of fused-ring (bicyclic) bond motifs is 3. The highest BCUT2D eigenvalue weighted by Crippen LogP contribution is 2.28. The fourth-order valence-electron chi connectivity index (χ4n) is 2.64. The van der Waals surface area contributed by atoms with E-state index in [-0.39, 0.29) is 18.6 Å². The quantitative estimate of drug-likeness (QED) is 0.758. The average molecular weight is 326 g/mol. The topological polar surface area (TPSA) is 68.2 Å². The van der Waals surface area contributed by atoms with E-state index in [9.17, 15) is 0 Å². The summed E-state index contributed by atoms with van der Waals surface area (Å²) in [5, 5.41) is 3.02. The Morgan fingerprint density at radius 1 is 1.04 bits per heavy atom. The second-order valence-corrected chi connectivity index (χ2v) is 5.12. The largest absolute Gasteiger partial charge is 0.370 e. The maximum atomic E-state index is 5.88. The molecule has 23 heavy (non-hydrogen) atoms. The van der Waals surface area contributed by atoms with Crippen LogP contribution in [0.1, 0.15) is 11.7 Å². The predicted octanol–water partition coefficient (Wildman–Crippen LogP) is 3.41. The van der Waals surface area contributed by atoms with Gasteiger partial charge in [-0.2, -0.15) is 0 Å². The maximum Gasteiger partial charge on any atom is 0.212 e. The first-order valence-corrected chi connectivity index (χ1v) is 7.12. The molecule has 6 heteroatoms. The van der Waals surface area contributed by atoms with Crippen LogP contribution in [0.15, 0.2) is 65.7 Å². The smallest absolute Gasteiger partial charge is 0.212 e. The SMILES string of the molecule is Cl.NC1=NC(C=Cc2ccccc2)n2c(nc3ccccc32)N1. The first-order chi connectivity index (χ1) is 10.8. The molecule has 0 saturated carbocycles. The van der Waals surface area contributed by atoms with Gasteiger partial charge in [-0.25, -0.2) is 9.98 Å². The van der Waals surface area contributed by atoms with Crippen LogP contribution in [0.5, 0.6) is 0 Å². The maximum absolute atomic E-state index is 5.88. The van der Waals surface area contributed by atoms with Crippen molar-refractivity contribution in [1.82, 2.24) is 9.55 Å². The van der Waals surface area contributed by atoms with E-state index in [0.29, 0.717) is 5.96 Å². The number of halogens is 1. The fourth-order valence-corrected chi connectivity index (χ4v) is 2.64. The zero-order chi connectivity index (χ0) is 14.9. The number of rotatable bonds is 2. The van der Waals surface area contributed by atoms with E-state index in [0.717, 1.165) is 22.5 Å². The van der Waals surface area contributed by atoms with Crippen LogP contribution >= 0.6 is 12.4 Å². The van der Waals surface area contributed by atoms with Gasteiger partial charge in [0, 0.05) is 0 Å². The molecule has 0 aliphatic carbocycles. The number of nitrogens with one attached hydrogen (secondary N) is 1. The normalized spacial score (nSPS) is 16.5. The van der Waals surface area contributed by atoms with Crippen molar-refractivity contribution in [2.24, 2.45) is 10.7 Å². The summed E-state index contributed by atoms with van der Waals surface area (Å²) in [5.41, 5.74) is 8.96. The van der Waals surface area contributed by atoms with Crippen LogP contribution in [-0.4, -0.2) is 15.5 Å². The van der Waals surface area contributed by atoms with Gasteiger partial charge in [-0.1, -0.05) is 48.5 Å². The minimum atomic E-state index is -0.205. The van der Waals surface area contributed by atoms with Crippen molar-refractivity contribution in [3.63, 3.8) is 0 Å². The van der Waals surface area contributed by atoms with E-state index < -0.39 is 0 Å². The number of hydrogen-bond acceptors (Lipinski definition) is 4. The molecular formula is C17H16ClN5. The standard InChI is InChI=1S/C17H15N5.ClH/c18-16-20-15(11-10-12-6-2-1-3-7-12)22-14-9-5-4-8-13(14)19-17(22)21-16;/h1-11,15H,(H3,18,19,20,21);1H. The van der Waals surface area contributed by atoms with Gasteiger partial charge in [-0.3, -0.25) is 9.88 Å². The predicted molar refractivity (Wildman–Crippen MR) is 96.7 cm³/mol. The number of guanidine groups is 1. The van der Waals surface area contributed by atoms with Crippen molar-refractivity contribution in [3.8, 4) is 0 Å². The number of hydrogen-bond donors (Lipinski definition) is 2. The molecule has 0 fully saturated rings. The van der Waals surface area contributed by atoms with Crippen molar-refractivity contribution >= 4 is 41.4 Å². The van der Waals surface area contributed by atoms with Gasteiger partial charge < -0.3 is 5.73 Å². The molecule has 0 amide bonds. The average Bonchev–Trinajstić information content (AvgIpc) is 2.91. The zero-order valence-corrected chi connectivity index (χ0v) is 13.1. The summed E-state index contributed by atoms with van der Waals surface area (Å²) in [4.78, 5) is 9.05. The number of nitrogens with zero attached hydrogens (tertiary/aromatic N) is 3. The first-order valence-electron chi connectivity index (χ1n) is 7.12. The first kappa shape index (κ1) is 15.1. The fraction of sp³-hybridized carbons (Fsp3) is 0.0588. The van der Waals surface area contributed by atoms with Gasteiger partial charge in [-0.05, 0) is 23.8 Å². The van der Waals surface area contributed by atoms with Crippen LogP contribution in [0.3, 0.4) is 0 Å². The number of benzene rings is 2. The summed E-state index contributed by atoms with van der Waals surface area (Å²) in [6.07, 6.45) is 3.87. The van der Waals surface area contributed by atoms with Gasteiger partial charge in [-0.15, -0.1) is 12.4 Å². The molecule has 5 nitrogen and oxygen atoms in total. The number of nitrogens with two attached hydrogens (primary N) is 1. The highest BCUT2D eigenvalue weighted by Gasteiger charge is 2.21. The van der Waals surface area contributed by atoms with Crippen LogP contribution in [0.25, 0.3) is 17.1 Å². The number of anilines is 1. The molecule has 2 heterocycles. The Kier molecular flexibility index (Phi) is 4.04. The van der Waals surface area contributed by atoms with E-state index >= 15 is 0 Å². The summed E-state index contributed by atoms with van der Waals surface area (Å²) >= 11 is 0. The van der Waals surface area contributed by atoms with Gasteiger partial charge >= 0.3 is 0 Å². The highest BCUT2D eigenvalue weighted by molar-refractivity contribution is 5.94. The summed E-state index contributed by atoms with van der Waals surface area (Å²) < 4.78 is 2.05. The second kappa shape index (κ2) is 6.14. The van der Waals surface area contributed by atoms with E-state index in [2.05, 4.69) is 27.4 Å². The van der Waals surface area contributed by atoms with Crippen molar-refractivity contribution < 1.29 is 0 Å². The molecule has 1 aromatic heterocycles. The summed E-state index contributed by atoms with van der Waals surface area (Å²) in [5.74, 6) is 1.10. The molecular weight excluding hydrogens is 310 g/mol. The molecule has 1 aliphatic heterocycles. The molecule has 0 bridgehead atoms. The Balaban J connectivity index is 0.00000156. The minimum absolute atomic E-state index is 0. The van der Waals surface area contributed by atoms with Crippen LogP contribution in [0.2, 0.25) is 0 Å². The zero-order valence-electron chi connectivity index (χ0n) is 12.3. The Morgan fingerprint density at radius 2 is 1.78 bits per heavy atom. The molecule has 1 atom stereocenters. The Bertz CT molecular complexity index is 882. The molecule has 1 aliphatic rings. The van der Waals surface area contributed by atoms with Crippen LogP contribution in [-0.2, 0) is 0 Å². The van der Waals surface area contributed by atoms with E-state index in [1.807, 2.05) is 59.2 Å². The lowest BCUT2D eigenvalue weighted by molar-refractivity contribution is 0.650. The summed E-state index contributed by atoms with van der Waals surface area (Å²) in [7, 11) is 0. The van der Waals surface area contributed by atoms with Crippen molar-refractivity contribution in [2.75, 3.05) is 5.32 Å². The molecule has 1 unspecified atom stereocenters. The van der Waals surface area contributed by atoms with Crippen LogP contribution < -0.4 is 11.1 Å². The molecule has 3 N–H and O–H groups in total. The monoisotopic (exact) mass is 325 g/mol. The second-order valence-electron chi connectivity index (χ2n) is 5.12. The van der Waals surface area contributed by atoms with E-state index in [1.165, 1.54) is 0 Å². The third kappa shape index (κ3) is 2.78. The lowest BCUT2D eigenvalue weighted by Gasteiger charge is -2.21. The van der Waals surface area contributed by atoms with Gasteiger partial charge in [0.25, 0.3) is 0 Å². The van der Waals surface area contributed by atoms with Crippen LogP contribution in [0, 0.1) is 0 Å². The molecule has 116 valence electrons. The number of imidazole rings is 1. The number of para-hydroxylation sites is 2. The Morgan fingerprint density at radius 3 is 2.61 bits per heavy atom. The van der Waals surface area contributed by atoms with Crippen molar-refractivity contribution in [3.05, 3.63) is 66.2 Å². The van der Waals surface area contributed by atoms with Gasteiger partial charge in [0.15, 0.2) is 12.1 Å². The number of aromatic nitrogens is 2. The Hall–Kier alpha value is -2.79. The molecule has 2 aromatic carbocycles. The van der Waals surface area contributed by atoms with E-state index in [1.54, 1.807) is 0 Å². The third-order valence-electron chi connectivity index (χ3n) is 3.63. The molecule has 3 aromatic rings. The summed E-state index contributed by atoms with van der Waals surface area (Å²) in [6.45, 7) is 0. The lowest BCUT2D eigenvalue weighted by Crippen LogP contribution is -2.30. The summed E-state index contributed by atoms with van der Waals surface area (Å²) in [6, 6.07) is 18.1. The van der Waals surface area contributed by atoms with Crippen molar-refractivity contribution in [2.45, 2.75) is 6.17 Å². The molecule has 0 saturated heterocycles. The molecule has 4 rings (SSSR count). The third-order valence-corrected chi connectivity index (χ3v) is 3.63. The minimum Gasteiger partial charge on any atom is -0.370 e. The highest BCUT2D eigenvalue weighted by atomic mass is 35.5. The van der Waals surface area contributed by atoms with E-state index in [4.69, 9.17) is 5.73 Å². The van der Waals surface area contributed by atoms with Gasteiger partial charge in [0.1, 0.15) is 0 Å². The lowest BCUT2D eigenvalue weighted by atomic mass is 10.2. The molecule has 0 radical (unpaired) electrons. The van der Waals surface area contributed by atoms with Gasteiger partial charge in [0.05, 0.1) is 11.0 Å². The number of aliphatic imine (C=N–C) groups is 1.